The molecule has 1 spiro atoms. The van der Waals surface area contributed by atoms with Gasteiger partial charge in [0.1, 0.15) is 17.9 Å². The predicted molar refractivity (Wildman–Crippen MR) is 171 cm³/mol. The van der Waals surface area contributed by atoms with E-state index in [0.717, 1.165) is 52.9 Å². The second-order valence-electron chi connectivity index (χ2n) is 13.5. The molecule has 238 valence electrons. The Morgan fingerprint density at radius 2 is 1.74 bits per heavy atom. The third-order valence-electron chi connectivity index (χ3n) is 10.1. The molecule has 0 bridgehead atoms. The second kappa shape index (κ2) is 11.1. The molecule has 2 heterocycles. The molecular weight excluding hydrogens is 588 g/mol. The number of aromatic nitrogens is 3. The summed E-state index contributed by atoms with van der Waals surface area (Å²) >= 11 is 0. The van der Waals surface area contributed by atoms with Crippen molar-refractivity contribution in [3.63, 3.8) is 0 Å². The van der Waals surface area contributed by atoms with Crippen LogP contribution in [0.15, 0.2) is 54.6 Å². The molecule has 0 amide bonds. The van der Waals surface area contributed by atoms with Crippen LogP contribution in [0, 0.1) is 36.8 Å². The number of hydrogen-bond acceptors (Lipinski definition) is 5. The summed E-state index contributed by atoms with van der Waals surface area (Å²) in [7, 11) is 1.42. The Hall–Kier alpha value is -4.53. The summed E-state index contributed by atoms with van der Waals surface area (Å²) in [5, 5.41) is 5.39. The summed E-state index contributed by atoms with van der Waals surface area (Å²) in [6.45, 7) is 7.67. The summed E-state index contributed by atoms with van der Waals surface area (Å²) in [5.74, 6) is -1.04. The van der Waals surface area contributed by atoms with Gasteiger partial charge in [0, 0.05) is 22.2 Å². The van der Waals surface area contributed by atoms with E-state index in [4.69, 9.17) is 9.47 Å². The molecule has 0 radical (unpaired) electrons. The normalized spacial score (nSPS) is 20.7. The topological polar surface area (TPSA) is 75.4 Å². The van der Waals surface area contributed by atoms with Crippen molar-refractivity contribution in [2.75, 3.05) is 7.11 Å². The van der Waals surface area contributed by atoms with Gasteiger partial charge in [0.15, 0.2) is 5.82 Å². The lowest BCUT2D eigenvalue weighted by Gasteiger charge is -2.57. The van der Waals surface area contributed by atoms with Crippen molar-refractivity contribution in [2.45, 2.75) is 71.8 Å². The van der Waals surface area contributed by atoms with Crippen LogP contribution < -0.4 is 0 Å². The molecule has 7 rings (SSSR count). The Bertz CT molecular complexity index is 2010. The van der Waals surface area contributed by atoms with Crippen molar-refractivity contribution in [3.8, 4) is 5.69 Å². The highest BCUT2D eigenvalue weighted by Gasteiger charge is 2.56. The van der Waals surface area contributed by atoms with E-state index >= 15 is 4.39 Å². The number of nitrogens with zero attached hydrogens (tertiary/aromatic N) is 3. The highest BCUT2D eigenvalue weighted by molar-refractivity contribution is 6.03. The van der Waals surface area contributed by atoms with Crippen molar-refractivity contribution >= 4 is 33.9 Å². The lowest BCUT2D eigenvalue weighted by atomic mass is 9.47. The maximum Gasteiger partial charge on any atom is 0.435 e. The summed E-state index contributed by atoms with van der Waals surface area (Å²) in [4.78, 5) is 25.5. The molecule has 2 aliphatic rings. The van der Waals surface area contributed by atoms with Crippen molar-refractivity contribution < 1.29 is 27.8 Å². The quantitative estimate of drug-likeness (QED) is 0.177. The summed E-state index contributed by atoms with van der Waals surface area (Å²) < 4.78 is 45.3. The molecule has 46 heavy (non-hydrogen) atoms. The van der Waals surface area contributed by atoms with Gasteiger partial charge in [-0.1, -0.05) is 44.2 Å². The molecule has 2 aliphatic carbocycles. The molecule has 9 heteroatoms. The van der Waals surface area contributed by atoms with Crippen LogP contribution in [0.1, 0.15) is 79.4 Å². The zero-order chi connectivity index (χ0) is 32.5. The fourth-order valence-corrected chi connectivity index (χ4v) is 7.96. The zero-order valence-corrected chi connectivity index (χ0v) is 26.7. The number of rotatable bonds is 6. The summed E-state index contributed by atoms with van der Waals surface area (Å²) in [6, 6.07) is 16.2. The maximum absolute atomic E-state index is 17.3. The van der Waals surface area contributed by atoms with E-state index in [1.54, 1.807) is 26.0 Å². The van der Waals surface area contributed by atoms with E-state index in [1.807, 2.05) is 36.4 Å². The van der Waals surface area contributed by atoms with E-state index in [-0.39, 0.29) is 47.1 Å². The van der Waals surface area contributed by atoms with Crippen LogP contribution in [0.2, 0.25) is 0 Å². The van der Waals surface area contributed by atoms with Crippen molar-refractivity contribution in [1.82, 2.24) is 14.3 Å². The van der Waals surface area contributed by atoms with E-state index in [0.29, 0.717) is 27.5 Å². The first kappa shape index (κ1) is 30.1. The minimum atomic E-state index is -0.759. The lowest BCUT2D eigenvalue weighted by Crippen LogP contribution is -2.49. The molecular formula is C37H37F2N3O4. The number of halogens is 2. The number of methoxy groups -OCH3 is 1. The number of carbonyl (C=O) groups is 2. The molecule has 5 aromatic rings. The van der Waals surface area contributed by atoms with Gasteiger partial charge in [-0.05, 0) is 97.7 Å². The van der Waals surface area contributed by atoms with Crippen LogP contribution in [0.3, 0.4) is 0 Å². The molecule has 2 aromatic heterocycles. The first-order valence-corrected chi connectivity index (χ1v) is 15.8. The van der Waals surface area contributed by atoms with Gasteiger partial charge in [-0.3, -0.25) is 4.79 Å². The van der Waals surface area contributed by atoms with Gasteiger partial charge < -0.3 is 14.0 Å². The van der Waals surface area contributed by atoms with Crippen LogP contribution in [0.5, 0.6) is 0 Å². The third kappa shape index (κ3) is 4.70. The Kier molecular flexibility index (Phi) is 7.25. The summed E-state index contributed by atoms with van der Waals surface area (Å²) in [5.41, 5.74) is 5.18. The minimum Gasteiger partial charge on any atom is -0.469 e. The van der Waals surface area contributed by atoms with Crippen LogP contribution >= 0.6 is 0 Å². The second-order valence-corrected chi connectivity index (χ2v) is 13.5. The van der Waals surface area contributed by atoms with Crippen LogP contribution in [0.4, 0.5) is 13.6 Å². The molecule has 2 saturated carbocycles. The van der Waals surface area contributed by atoms with Gasteiger partial charge in [-0.15, -0.1) is 0 Å². The van der Waals surface area contributed by atoms with E-state index in [1.165, 1.54) is 13.2 Å². The largest absolute Gasteiger partial charge is 0.469 e. The highest BCUT2D eigenvalue weighted by Crippen LogP contribution is 2.65. The fraction of sp³-hybridized carbons (Fsp3) is 0.378. The Morgan fingerprint density at radius 3 is 2.39 bits per heavy atom. The van der Waals surface area contributed by atoms with E-state index in [2.05, 4.69) is 23.5 Å². The first-order valence-electron chi connectivity index (χ1n) is 15.8. The molecule has 2 fully saturated rings. The Morgan fingerprint density at radius 1 is 1.02 bits per heavy atom. The number of ether oxygens (including phenoxy) is 2. The predicted octanol–water partition coefficient (Wildman–Crippen LogP) is 8.63. The number of aryl methyl sites for hydroxylation is 2. The average Bonchev–Trinajstić information content (AvgIpc) is 3.52. The SMILES string of the molecule is COC(=O)C1CC2(C1)CC(c1c(C(C)C)n(-c3ccc(F)c(C)c3)c3cc4c(C)nn(C(=O)OCc5ccccc5)c4c(F)c13)C2. The van der Waals surface area contributed by atoms with Gasteiger partial charge in [0.2, 0.25) is 0 Å². The fourth-order valence-electron chi connectivity index (χ4n) is 7.96. The highest BCUT2D eigenvalue weighted by atomic mass is 19.1. The molecule has 7 nitrogen and oxygen atoms in total. The lowest BCUT2D eigenvalue weighted by molar-refractivity contribution is -0.159. The molecule has 0 atom stereocenters. The molecule has 0 unspecified atom stereocenters. The monoisotopic (exact) mass is 625 g/mol. The van der Waals surface area contributed by atoms with Gasteiger partial charge in [0.25, 0.3) is 0 Å². The van der Waals surface area contributed by atoms with Crippen molar-refractivity contribution in [1.29, 1.82) is 0 Å². The third-order valence-corrected chi connectivity index (χ3v) is 10.1. The Balaban J connectivity index is 1.39. The maximum atomic E-state index is 17.3. The molecule has 0 saturated heterocycles. The van der Waals surface area contributed by atoms with Gasteiger partial charge in [-0.2, -0.15) is 9.78 Å². The van der Waals surface area contributed by atoms with E-state index in [9.17, 15) is 14.0 Å². The zero-order valence-electron chi connectivity index (χ0n) is 26.7. The summed E-state index contributed by atoms with van der Waals surface area (Å²) in [6.07, 6.45) is 2.45. The van der Waals surface area contributed by atoms with Crippen LogP contribution in [-0.4, -0.2) is 33.5 Å². The molecule has 0 N–H and O–H groups in total. The number of esters is 1. The number of hydrogen-bond donors (Lipinski definition) is 0. The minimum absolute atomic E-state index is 0.00413. The first-order chi connectivity index (χ1) is 22.0. The van der Waals surface area contributed by atoms with Gasteiger partial charge >= 0.3 is 12.1 Å². The standard InChI is InChI=1S/C37H37F2N3O4/c1-20(2)33-30(24-15-37(16-24)17-25(18-37)35(43)45-5)31-29(41(33)26-11-12-28(38)21(3)13-26)14-27-22(4)40-42(34(27)32(31)39)36(44)46-19-23-9-7-6-8-10-23/h6-14,20,24-25H,15-19H2,1-5H3. The number of carbonyl (C=O) groups excluding carboxylic acids is 2. The Labute approximate surface area is 266 Å². The van der Waals surface area contributed by atoms with Crippen LogP contribution in [-0.2, 0) is 20.9 Å². The number of benzene rings is 3. The molecule has 0 aliphatic heterocycles. The van der Waals surface area contributed by atoms with Crippen molar-refractivity contribution in [2.24, 2.45) is 11.3 Å². The van der Waals surface area contributed by atoms with Gasteiger partial charge in [0.05, 0.1) is 24.2 Å². The van der Waals surface area contributed by atoms with E-state index < -0.39 is 11.9 Å². The smallest absolute Gasteiger partial charge is 0.435 e. The molecule has 3 aromatic carbocycles. The van der Waals surface area contributed by atoms with Crippen LogP contribution in [0.25, 0.3) is 27.5 Å². The van der Waals surface area contributed by atoms with Crippen molar-refractivity contribution in [3.05, 3.63) is 94.3 Å². The average molecular weight is 626 g/mol. The van der Waals surface area contributed by atoms with Gasteiger partial charge in [-0.25, -0.2) is 13.6 Å². The number of fused-ring (bicyclic) bond motifs is 2.